The molecule has 0 amide bonds. The molecule has 0 bridgehead atoms. The topological polar surface area (TPSA) is 56.7 Å². The van der Waals surface area contributed by atoms with Gasteiger partial charge < -0.3 is 14.0 Å². The van der Waals surface area contributed by atoms with Crippen molar-refractivity contribution in [2.24, 2.45) is 11.3 Å². The molecule has 0 saturated heterocycles. The van der Waals surface area contributed by atoms with Crippen molar-refractivity contribution >= 4 is 46.4 Å². The first-order valence-corrected chi connectivity index (χ1v) is 26.9. The second kappa shape index (κ2) is 19.8. The molecule has 1 radical (unpaired) electrons. The van der Waals surface area contributed by atoms with Crippen molar-refractivity contribution in [1.82, 2.24) is 19.5 Å². The molecule has 9 aromatic rings. The molecule has 4 aromatic heterocycles. The number of furan rings is 1. The van der Waals surface area contributed by atoms with Gasteiger partial charge in [0.05, 0.1) is 30.5 Å². The van der Waals surface area contributed by atoms with Gasteiger partial charge in [-0.15, -0.1) is 54.1 Å². The van der Waals surface area contributed by atoms with Crippen LogP contribution < -0.4 is 5.19 Å². The van der Waals surface area contributed by atoms with Crippen LogP contribution in [0.15, 0.2) is 132 Å². The fraction of sp³-hybridized carbons (Fsp3) is 0.305. The summed E-state index contributed by atoms with van der Waals surface area (Å²) < 4.78 is 8.97. The average Bonchev–Trinajstić information content (AvgIpc) is 3.84. The van der Waals surface area contributed by atoms with E-state index >= 15 is 0 Å². The van der Waals surface area contributed by atoms with Crippen LogP contribution in [-0.2, 0) is 32.9 Å². The van der Waals surface area contributed by atoms with E-state index < -0.39 is 8.07 Å². The minimum absolute atomic E-state index is 0. The predicted molar refractivity (Wildman–Crippen MR) is 277 cm³/mol. The van der Waals surface area contributed by atoms with Gasteiger partial charge in [-0.1, -0.05) is 147 Å². The van der Waals surface area contributed by atoms with Gasteiger partial charge in [0.25, 0.3) is 0 Å². The number of imidazole rings is 1. The maximum Gasteiger partial charge on any atom is 0.216 e. The van der Waals surface area contributed by atoms with Crippen LogP contribution in [0, 0.1) is 23.5 Å². The Morgan fingerprint density at radius 3 is 2.02 bits per heavy atom. The van der Waals surface area contributed by atoms with E-state index in [-0.39, 0.29) is 37.4 Å². The number of aromatic nitrogens is 4. The normalized spacial score (nSPS) is 12.0. The average molecular weight is 1070 g/mol. The molecule has 7 heteroatoms. The van der Waals surface area contributed by atoms with E-state index in [1.165, 1.54) is 38.7 Å². The first kappa shape index (κ1) is 48.5. The smallest absolute Gasteiger partial charge is 0.216 e. The SMILES string of the molecule is CC(C)Cc1cc(-c2[c-]cccc2)ncc1[Si](C)(C)C.CC(C)c1cc(-c2ccccc2)cc(C(C)C)c1-n1c(-c2[c-]ccc3c2oc2nc(CC(C)(C)C)ccc23)nc2ccccc21.[Ir]. The standard InChI is InChI=1S/C41H40N3O.C18H24NSi.Ir/c1-25(2)33-22-28(27-14-9-8-10-15-27)23-34(26(3)4)37(33)44-36-19-12-11-18-35(36)43-39(44)32-17-13-16-30-31-21-20-29(24-41(5,6)7)42-40(31)45-38(30)32;1-14(2)11-16-12-17(15-9-7-6-8-10-15)19-13-18(16)20(3,4)5;/h8-16,18-23,25-26H,24H2,1-7H3;6-9,12-14H,11H2,1-5H3;/q2*-1;. The van der Waals surface area contributed by atoms with Gasteiger partial charge in [0.15, 0.2) is 0 Å². The fourth-order valence-electron chi connectivity index (χ4n) is 8.99. The van der Waals surface area contributed by atoms with Crippen LogP contribution in [0.2, 0.25) is 19.6 Å². The molecule has 0 aliphatic heterocycles. The second-order valence-corrected chi connectivity index (χ2v) is 25.9. The monoisotopic (exact) mass is 1070 g/mol. The molecular formula is C59H64IrN4OSi-2. The van der Waals surface area contributed by atoms with E-state index in [2.05, 4.69) is 207 Å². The summed E-state index contributed by atoms with van der Waals surface area (Å²) in [7, 11) is -1.34. The molecule has 0 aliphatic carbocycles. The zero-order chi connectivity index (χ0) is 46.2. The molecule has 0 fully saturated rings. The Labute approximate surface area is 407 Å². The quantitative estimate of drug-likeness (QED) is 0.101. The van der Waals surface area contributed by atoms with E-state index in [1.807, 2.05) is 24.3 Å². The molecule has 0 spiro atoms. The number of para-hydroxylation sites is 2. The molecule has 0 atom stereocenters. The Hall–Kier alpha value is -5.46. The van der Waals surface area contributed by atoms with Crippen LogP contribution in [0.1, 0.15) is 96.5 Å². The van der Waals surface area contributed by atoms with E-state index in [0.29, 0.717) is 11.6 Å². The van der Waals surface area contributed by atoms with E-state index in [0.717, 1.165) is 68.6 Å². The summed E-state index contributed by atoms with van der Waals surface area (Å²) >= 11 is 0. The van der Waals surface area contributed by atoms with Crippen LogP contribution >= 0.6 is 0 Å². The third-order valence-corrected chi connectivity index (χ3v) is 14.1. The molecule has 66 heavy (non-hydrogen) atoms. The largest absolute Gasteiger partial charge is 0.486 e. The molecule has 4 heterocycles. The van der Waals surface area contributed by atoms with Crippen molar-refractivity contribution in [3.8, 4) is 39.5 Å². The minimum atomic E-state index is -1.34. The summed E-state index contributed by atoms with van der Waals surface area (Å²) in [6.45, 7) is 27.6. The van der Waals surface area contributed by atoms with Crippen molar-refractivity contribution in [3.05, 3.63) is 162 Å². The van der Waals surface area contributed by atoms with E-state index in [9.17, 15) is 0 Å². The Morgan fingerprint density at radius 2 is 1.38 bits per heavy atom. The molecular weight excluding hydrogens is 1000 g/mol. The molecule has 0 aliphatic rings. The number of hydrogen-bond donors (Lipinski definition) is 0. The zero-order valence-corrected chi connectivity index (χ0v) is 44.2. The van der Waals surface area contributed by atoms with Crippen LogP contribution in [0.5, 0.6) is 0 Å². The van der Waals surface area contributed by atoms with Gasteiger partial charge in [-0.2, -0.15) is 0 Å². The molecule has 341 valence electrons. The van der Waals surface area contributed by atoms with Gasteiger partial charge in [-0.25, -0.2) is 4.98 Å². The molecule has 5 nitrogen and oxygen atoms in total. The third-order valence-electron chi connectivity index (χ3n) is 12.0. The Kier molecular flexibility index (Phi) is 14.5. The van der Waals surface area contributed by atoms with Crippen molar-refractivity contribution < 1.29 is 24.5 Å². The van der Waals surface area contributed by atoms with Gasteiger partial charge in [-0.3, -0.25) is 4.98 Å². The molecule has 5 aromatic carbocycles. The Morgan fingerprint density at radius 1 is 0.697 bits per heavy atom. The first-order chi connectivity index (χ1) is 31.0. The van der Waals surface area contributed by atoms with Gasteiger partial charge in [0.2, 0.25) is 5.71 Å². The van der Waals surface area contributed by atoms with Crippen molar-refractivity contribution in [2.75, 3.05) is 0 Å². The third kappa shape index (κ3) is 10.4. The summed E-state index contributed by atoms with van der Waals surface area (Å²) in [4.78, 5) is 14.9. The fourth-order valence-corrected chi connectivity index (χ4v) is 10.6. The zero-order valence-electron chi connectivity index (χ0n) is 40.8. The van der Waals surface area contributed by atoms with Gasteiger partial charge in [0.1, 0.15) is 0 Å². The van der Waals surface area contributed by atoms with E-state index in [4.69, 9.17) is 14.4 Å². The van der Waals surface area contributed by atoms with Crippen LogP contribution in [0.4, 0.5) is 0 Å². The molecule has 9 rings (SSSR count). The Bertz CT molecular complexity index is 3070. The van der Waals surface area contributed by atoms with E-state index in [1.54, 1.807) is 0 Å². The molecule has 0 saturated carbocycles. The number of hydrogen-bond acceptors (Lipinski definition) is 4. The number of fused-ring (bicyclic) bond motifs is 4. The van der Waals surface area contributed by atoms with Gasteiger partial charge in [0, 0.05) is 43.1 Å². The first-order valence-electron chi connectivity index (χ1n) is 23.4. The van der Waals surface area contributed by atoms with Crippen molar-refractivity contribution in [1.29, 1.82) is 0 Å². The summed E-state index contributed by atoms with van der Waals surface area (Å²) in [5.41, 5.74) is 15.3. The minimum Gasteiger partial charge on any atom is -0.486 e. The predicted octanol–water partition coefficient (Wildman–Crippen LogP) is 15.6. The summed E-state index contributed by atoms with van der Waals surface area (Å²) in [5, 5.41) is 3.53. The Balaban J connectivity index is 0.000000260. The maximum atomic E-state index is 6.62. The number of benzene rings is 5. The van der Waals surface area contributed by atoms with Gasteiger partial charge >= 0.3 is 0 Å². The van der Waals surface area contributed by atoms with Crippen LogP contribution in [0.25, 0.3) is 72.6 Å². The second-order valence-electron chi connectivity index (χ2n) is 20.9. The summed E-state index contributed by atoms with van der Waals surface area (Å²) in [5.74, 6) is 2.06. The van der Waals surface area contributed by atoms with Gasteiger partial charge in [-0.05, 0) is 106 Å². The summed E-state index contributed by atoms with van der Waals surface area (Å²) in [6, 6.07) is 49.3. The maximum absolute atomic E-state index is 6.62. The van der Waals surface area contributed by atoms with Crippen LogP contribution in [-0.4, -0.2) is 27.6 Å². The summed E-state index contributed by atoms with van der Waals surface area (Å²) in [6.07, 6.45) is 4.12. The molecule has 0 unspecified atom stereocenters. The van der Waals surface area contributed by atoms with Crippen molar-refractivity contribution in [2.45, 2.75) is 107 Å². The number of nitrogens with zero attached hydrogens (tertiary/aromatic N) is 4. The van der Waals surface area contributed by atoms with Crippen LogP contribution in [0.3, 0.4) is 0 Å². The molecule has 0 N–H and O–H groups in total. The van der Waals surface area contributed by atoms with Crippen molar-refractivity contribution in [3.63, 3.8) is 0 Å². The number of rotatable bonds is 10. The number of pyridine rings is 2.